The van der Waals surface area contributed by atoms with Crippen LogP contribution in [-0.2, 0) is 23.1 Å². The molecule has 1 aromatic heterocycles. The molecule has 0 atom stereocenters. The molecule has 0 spiro atoms. The molecule has 1 heterocycles. The van der Waals surface area contributed by atoms with Crippen molar-refractivity contribution in [3.8, 4) is 11.8 Å². The standard InChI is InChI=1S/C26H21N3O4/c1-28-22-11-3-4-12-23(22)29(26(28)32)17-24(30)27-21-10-6-8-19(16-21)14-13-18-7-5-9-20(15-18)25(31)33-2/h3-12,15-16H,17H2,1-2H3,(H,27,30). The number of esters is 1. The van der Waals surface area contributed by atoms with E-state index in [2.05, 4.69) is 17.2 Å². The third-order valence-electron chi connectivity index (χ3n) is 5.13. The highest BCUT2D eigenvalue weighted by Crippen LogP contribution is 2.13. The van der Waals surface area contributed by atoms with Gasteiger partial charge in [0, 0.05) is 23.9 Å². The highest BCUT2D eigenvalue weighted by Gasteiger charge is 2.13. The van der Waals surface area contributed by atoms with Crippen LogP contribution >= 0.6 is 0 Å². The van der Waals surface area contributed by atoms with Crippen molar-refractivity contribution in [2.24, 2.45) is 7.05 Å². The van der Waals surface area contributed by atoms with Crippen LogP contribution in [0.2, 0.25) is 0 Å². The molecule has 4 aromatic rings. The monoisotopic (exact) mass is 439 g/mol. The molecule has 1 N–H and O–H groups in total. The summed E-state index contributed by atoms with van der Waals surface area (Å²) >= 11 is 0. The molecule has 7 nitrogen and oxygen atoms in total. The second kappa shape index (κ2) is 9.28. The number of benzene rings is 3. The van der Waals surface area contributed by atoms with Gasteiger partial charge in [-0.3, -0.25) is 13.9 Å². The number of aryl methyl sites for hydroxylation is 1. The maximum atomic E-state index is 12.6. The second-order valence-corrected chi connectivity index (χ2v) is 7.37. The first-order valence-corrected chi connectivity index (χ1v) is 10.2. The number of anilines is 1. The number of nitrogens with zero attached hydrogens (tertiary/aromatic N) is 2. The Morgan fingerprint density at radius 1 is 0.909 bits per heavy atom. The predicted molar refractivity (Wildman–Crippen MR) is 126 cm³/mol. The summed E-state index contributed by atoms with van der Waals surface area (Å²) in [5.74, 6) is 5.31. The number of ether oxygens (including phenoxy) is 1. The van der Waals surface area contributed by atoms with E-state index in [9.17, 15) is 14.4 Å². The van der Waals surface area contributed by atoms with Crippen LogP contribution in [0, 0.1) is 11.8 Å². The number of hydrogen-bond donors (Lipinski definition) is 1. The molecule has 0 bridgehead atoms. The molecule has 0 unspecified atom stereocenters. The maximum Gasteiger partial charge on any atom is 0.337 e. The van der Waals surface area contributed by atoms with Gasteiger partial charge in [0.2, 0.25) is 5.91 Å². The van der Waals surface area contributed by atoms with Crippen molar-refractivity contribution in [2.45, 2.75) is 6.54 Å². The summed E-state index contributed by atoms with van der Waals surface area (Å²) in [6, 6.07) is 21.3. The quantitative estimate of drug-likeness (QED) is 0.391. The minimum Gasteiger partial charge on any atom is -0.465 e. The van der Waals surface area contributed by atoms with Crippen molar-refractivity contribution in [2.75, 3.05) is 12.4 Å². The van der Waals surface area contributed by atoms with Crippen LogP contribution in [0.4, 0.5) is 5.69 Å². The molecule has 0 fully saturated rings. The molecule has 0 radical (unpaired) electrons. The largest absolute Gasteiger partial charge is 0.465 e. The second-order valence-electron chi connectivity index (χ2n) is 7.37. The Labute approximate surface area is 190 Å². The van der Waals surface area contributed by atoms with Gasteiger partial charge < -0.3 is 10.1 Å². The topological polar surface area (TPSA) is 82.3 Å². The first-order chi connectivity index (χ1) is 16.0. The van der Waals surface area contributed by atoms with Gasteiger partial charge in [0.1, 0.15) is 6.54 Å². The van der Waals surface area contributed by atoms with Crippen LogP contribution in [0.5, 0.6) is 0 Å². The summed E-state index contributed by atoms with van der Waals surface area (Å²) < 4.78 is 7.70. The predicted octanol–water partition coefficient (Wildman–Crippen LogP) is 3.17. The molecule has 0 aliphatic heterocycles. The average molecular weight is 439 g/mol. The lowest BCUT2D eigenvalue weighted by Gasteiger charge is -2.07. The van der Waals surface area contributed by atoms with Gasteiger partial charge in [-0.1, -0.05) is 36.1 Å². The molecular weight excluding hydrogens is 418 g/mol. The fraction of sp³-hybridized carbons (Fsp3) is 0.115. The van der Waals surface area contributed by atoms with Crippen molar-refractivity contribution < 1.29 is 14.3 Å². The Bertz CT molecular complexity index is 1480. The summed E-state index contributed by atoms with van der Waals surface area (Å²) in [5.41, 5.74) is 3.58. The van der Waals surface area contributed by atoms with Crippen LogP contribution < -0.4 is 11.0 Å². The van der Waals surface area contributed by atoms with E-state index in [0.29, 0.717) is 27.9 Å². The highest BCUT2D eigenvalue weighted by atomic mass is 16.5. The van der Waals surface area contributed by atoms with Crippen LogP contribution in [0.15, 0.2) is 77.6 Å². The van der Waals surface area contributed by atoms with E-state index >= 15 is 0 Å². The van der Waals surface area contributed by atoms with Gasteiger partial charge >= 0.3 is 11.7 Å². The maximum absolute atomic E-state index is 12.6. The molecule has 7 heteroatoms. The van der Waals surface area contributed by atoms with E-state index < -0.39 is 5.97 Å². The Morgan fingerprint density at radius 3 is 2.30 bits per heavy atom. The van der Waals surface area contributed by atoms with Crippen molar-refractivity contribution in [1.29, 1.82) is 0 Å². The molecule has 3 aromatic carbocycles. The van der Waals surface area contributed by atoms with E-state index in [1.165, 1.54) is 16.2 Å². The fourth-order valence-electron chi connectivity index (χ4n) is 3.52. The summed E-state index contributed by atoms with van der Waals surface area (Å²) in [6.45, 7) is -0.101. The molecule has 33 heavy (non-hydrogen) atoms. The molecule has 1 amide bonds. The number of para-hydroxylation sites is 2. The van der Waals surface area contributed by atoms with Gasteiger partial charge in [-0.25, -0.2) is 9.59 Å². The lowest BCUT2D eigenvalue weighted by atomic mass is 10.1. The van der Waals surface area contributed by atoms with Gasteiger partial charge in [-0.15, -0.1) is 0 Å². The number of amides is 1. The summed E-state index contributed by atoms with van der Waals surface area (Å²) in [7, 11) is 3.01. The summed E-state index contributed by atoms with van der Waals surface area (Å²) in [5, 5.41) is 2.82. The third-order valence-corrected chi connectivity index (χ3v) is 5.13. The van der Waals surface area contributed by atoms with E-state index in [4.69, 9.17) is 4.74 Å². The van der Waals surface area contributed by atoms with Gasteiger partial charge in [-0.2, -0.15) is 0 Å². The summed E-state index contributed by atoms with van der Waals surface area (Å²) in [6.07, 6.45) is 0. The van der Waals surface area contributed by atoms with Gasteiger partial charge in [-0.05, 0) is 48.5 Å². The van der Waals surface area contributed by atoms with E-state index in [1.807, 2.05) is 30.3 Å². The number of nitrogens with one attached hydrogen (secondary N) is 1. The number of imidazole rings is 1. The number of hydrogen-bond acceptors (Lipinski definition) is 4. The number of methoxy groups -OCH3 is 1. The minimum atomic E-state index is -0.423. The zero-order chi connectivity index (χ0) is 23.4. The summed E-state index contributed by atoms with van der Waals surface area (Å²) in [4.78, 5) is 36.9. The van der Waals surface area contributed by atoms with Crippen molar-refractivity contribution in [1.82, 2.24) is 9.13 Å². The fourth-order valence-corrected chi connectivity index (χ4v) is 3.52. The third kappa shape index (κ3) is 4.70. The van der Waals surface area contributed by atoms with E-state index in [0.717, 1.165) is 5.52 Å². The smallest absolute Gasteiger partial charge is 0.337 e. The van der Waals surface area contributed by atoms with Crippen LogP contribution in [0.25, 0.3) is 11.0 Å². The van der Waals surface area contributed by atoms with Gasteiger partial charge in [0.25, 0.3) is 0 Å². The first-order valence-electron chi connectivity index (χ1n) is 10.2. The first kappa shape index (κ1) is 21.7. The number of fused-ring (bicyclic) bond motifs is 1. The lowest BCUT2D eigenvalue weighted by Crippen LogP contribution is -2.28. The van der Waals surface area contributed by atoms with E-state index in [-0.39, 0.29) is 18.1 Å². The number of aromatic nitrogens is 2. The molecule has 0 aliphatic carbocycles. The van der Waals surface area contributed by atoms with Crippen LogP contribution in [0.3, 0.4) is 0 Å². The van der Waals surface area contributed by atoms with Crippen LogP contribution in [-0.4, -0.2) is 28.1 Å². The zero-order valence-corrected chi connectivity index (χ0v) is 18.2. The van der Waals surface area contributed by atoms with Crippen molar-refractivity contribution in [3.63, 3.8) is 0 Å². The number of carbonyl (C=O) groups excluding carboxylic acids is 2. The molecule has 0 aliphatic rings. The molecule has 4 rings (SSSR count). The highest BCUT2D eigenvalue weighted by molar-refractivity contribution is 5.92. The van der Waals surface area contributed by atoms with Crippen molar-refractivity contribution in [3.05, 3.63) is 100.0 Å². The minimum absolute atomic E-state index is 0.101. The molecule has 164 valence electrons. The lowest BCUT2D eigenvalue weighted by molar-refractivity contribution is -0.116. The molecule has 0 saturated heterocycles. The van der Waals surface area contributed by atoms with Gasteiger partial charge in [0.05, 0.1) is 23.7 Å². The molecule has 0 saturated carbocycles. The normalized spacial score (nSPS) is 10.4. The average Bonchev–Trinajstić information content (AvgIpc) is 3.07. The number of rotatable bonds is 4. The Morgan fingerprint density at radius 2 is 1.58 bits per heavy atom. The number of carbonyl (C=O) groups is 2. The van der Waals surface area contributed by atoms with Gasteiger partial charge in [0.15, 0.2) is 0 Å². The SMILES string of the molecule is COC(=O)c1cccc(C#Cc2cccc(NC(=O)Cn3c(=O)n(C)c4ccccc43)c2)c1. The zero-order valence-electron chi connectivity index (χ0n) is 18.2. The van der Waals surface area contributed by atoms with E-state index in [1.54, 1.807) is 49.5 Å². The van der Waals surface area contributed by atoms with Crippen LogP contribution in [0.1, 0.15) is 21.5 Å². The Hall–Kier alpha value is -4.57. The Balaban J connectivity index is 1.50. The van der Waals surface area contributed by atoms with Crippen molar-refractivity contribution >= 4 is 28.6 Å². The Kier molecular flexibility index (Phi) is 6.09. The molecular formula is C26H21N3O4.